The standard InChI is InChI=1S/C22H21N3O7S/c1-31-16-8-10-17(11-9-16)33(29,30)25(14-15-5-4-12-23-13-15)20-18(21(26)24-28)6-3-7-19(20)22(27)32-2/h3-13,28H,14H2,1-2H3,(H,24,26). The number of methoxy groups -OCH3 is 2. The molecule has 33 heavy (non-hydrogen) atoms. The zero-order valence-corrected chi connectivity index (χ0v) is 18.6. The van der Waals surface area contributed by atoms with Gasteiger partial charge in [0.15, 0.2) is 0 Å². The number of esters is 1. The SMILES string of the molecule is COC(=O)c1cccc(C(=O)NO)c1N(Cc1cccnc1)S(=O)(=O)c1ccc(OC)cc1. The zero-order chi connectivity index (χ0) is 24.0. The molecule has 1 amide bonds. The molecule has 172 valence electrons. The summed E-state index contributed by atoms with van der Waals surface area (Å²) in [5.74, 6) is -1.42. The van der Waals surface area contributed by atoms with Gasteiger partial charge in [0.1, 0.15) is 5.75 Å². The van der Waals surface area contributed by atoms with Gasteiger partial charge in [0, 0.05) is 12.4 Å². The third kappa shape index (κ3) is 4.94. The number of rotatable bonds is 8. The Morgan fingerprint density at radius 2 is 1.73 bits per heavy atom. The fraction of sp³-hybridized carbons (Fsp3) is 0.136. The van der Waals surface area contributed by atoms with E-state index in [4.69, 9.17) is 9.47 Å². The van der Waals surface area contributed by atoms with E-state index in [1.54, 1.807) is 12.1 Å². The van der Waals surface area contributed by atoms with Crippen LogP contribution in [-0.2, 0) is 21.3 Å². The van der Waals surface area contributed by atoms with Crippen molar-refractivity contribution in [3.63, 3.8) is 0 Å². The van der Waals surface area contributed by atoms with Crippen molar-refractivity contribution >= 4 is 27.6 Å². The fourth-order valence-electron chi connectivity index (χ4n) is 3.15. The third-order valence-corrected chi connectivity index (χ3v) is 6.49. The number of sulfonamides is 1. The number of carbonyl (C=O) groups excluding carboxylic acids is 2. The molecule has 0 aliphatic heterocycles. The average molecular weight is 471 g/mol. The first-order chi connectivity index (χ1) is 15.8. The van der Waals surface area contributed by atoms with Gasteiger partial charge in [-0.15, -0.1) is 0 Å². The topological polar surface area (TPSA) is 135 Å². The van der Waals surface area contributed by atoms with E-state index in [-0.39, 0.29) is 28.3 Å². The number of carbonyl (C=O) groups is 2. The molecule has 10 nitrogen and oxygen atoms in total. The molecule has 2 N–H and O–H groups in total. The van der Waals surface area contributed by atoms with Crippen molar-refractivity contribution in [3.05, 3.63) is 83.7 Å². The van der Waals surface area contributed by atoms with E-state index in [1.807, 2.05) is 0 Å². The van der Waals surface area contributed by atoms with Crippen LogP contribution in [-0.4, -0.2) is 44.7 Å². The number of ether oxygens (including phenoxy) is 2. The van der Waals surface area contributed by atoms with E-state index < -0.39 is 21.9 Å². The average Bonchev–Trinajstić information content (AvgIpc) is 2.86. The highest BCUT2D eigenvalue weighted by Gasteiger charge is 2.33. The van der Waals surface area contributed by atoms with Gasteiger partial charge in [0.2, 0.25) is 0 Å². The molecule has 0 saturated carbocycles. The van der Waals surface area contributed by atoms with Crippen LogP contribution in [0.5, 0.6) is 5.75 Å². The highest BCUT2D eigenvalue weighted by atomic mass is 32.2. The summed E-state index contributed by atoms with van der Waals surface area (Å²) in [5, 5.41) is 9.24. The van der Waals surface area contributed by atoms with Crippen molar-refractivity contribution in [2.24, 2.45) is 0 Å². The number of nitrogens with zero attached hydrogens (tertiary/aromatic N) is 2. The van der Waals surface area contributed by atoms with Crippen LogP contribution < -0.4 is 14.5 Å². The third-order valence-electron chi connectivity index (χ3n) is 4.73. The van der Waals surface area contributed by atoms with E-state index in [2.05, 4.69) is 4.98 Å². The van der Waals surface area contributed by atoms with Crippen LogP contribution in [0.15, 0.2) is 71.9 Å². The van der Waals surface area contributed by atoms with Gasteiger partial charge >= 0.3 is 5.97 Å². The monoisotopic (exact) mass is 471 g/mol. The number of para-hydroxylation sites is 1. The van der Waals surface area contributed by atoms with Gasteiger partial charge in [-0.05, 0) is 48.0 Å². The van der Waals surface area contributed by atoms with Crippen LogP contribution in [0.4, 0.5) is 5.69 Å². The first-order valence-electron chi connectivity index (χ1n) is 9.55. The van der Waals surface area contributed by atoms with Crippen molar-refractivity contribution in [1.29, 1.82) is 0 Å². The largest absolute Gasteiger partial charge is 0.497 e. The summed E-state index contributed by atoms with van der Waals surface area (Å²) in [6.07, 6.45) is 2.99. The lowest BCUT2D eigenvalue weighted by Crippen LogP contribution is -2.34. The summed E-state index contributed by atoms with van der Waals surface area (Å²) < 4.78 is 38.4. The highest BCUT2D eigenvalue weighted by molar-refractivity contribution is 7.92. The number of nitrogens with one attached hydrogen (secondary N) is 1. The van der Waals surface area contributed by atoms with Crippen molar-refractivity contribution in [1.82, 2.24) is 10.5 Å². The predicted molar refractivity (Wildman–Crippen MR) is 118 cm³/mol. The minimum Gasteiger partial charge on any atom is -0.497 e. The molecule has 0 atom stereocenters. The lowest BCUT2D eigenvalue weighted by molar-refractivity contribution is 0.0601. The van der Waals surface area contributed by atoms with E-state index in [9.17, 15) is 23.2 Å². The second kappa shape index (κ2) is 10.1. The van der Waals surface area contributed by atoms with Gasteiger partial charge in [-0.3, -0.25) is 19.3 Å². The van der Waals surface area contributed by atoms with Gasteiger partial charge in [-0.2, -0.15) is 0 Å². The Labute approximate surface area is 190 Å². The Morgan fingerprint density at radius 3 is 2.30 bits per heavy atom. The lowest BCUT2D eigenvalue weighted by atomic mass is 10.1. The zero-order valence-electron chi connectivity index (χ0n) is 17.8. The highest BCUT2D eigenvalue weighted by Crippen LogP contribution is 2.33. The molecule has 0 bridgehead atoms. The minimum absolute atomic E-state index is 0.109. The molecule has 3 aromatic rings. The second-order valence-electron chi connectivity index (χ2n) is 6.68. The van der Waals surface area contributed by atoms with E-state index in [0.29, 0.717) is 11.3 Å². The molecule has 0 spiro atoms. The quantitative estimate of drug-likeness (QED) is 0.290. The number of anilines is 1. The smallest absolute Gasteiger partial charge is 0.340 e. The normalized spacial score (nSPS) is 10.9. The molecule has 0 aliphatic rings. The summed E-state index contributed by atoms with van der Waals surface area (Å²) in [5.41, 5.74) is 1.30. The summed E-state index contributed by atoms with van der Waals surface area (Å²) in [6.45, 7) is -0.262. The van der Waals surface area contributed by atoms with Crippen LogP contribution in [0.3, 0.4) is 0 Å². The van der Waals surface area contributed by atoms with E-state index in [0.717, 1.165) is 11.4 Å². The summed E-state index contributed by atoms with van der Waals surface area (Å²) in [7, 11) is -1.74. The summed E-state index contributed by atoms with van der Waals surface area (Å²) >= 11 is 0. The number of benzene rings is 2. The van der Waals surface area contributed by atoms with Crippen molar-refractivity contribution in [2.45, 2.75) is 11.4 Å². The van der Waals surface area contributed by atoms with Crippen molar-refractivity contribution in [2.75, 3.05) is 18.5 Å². The molecule has 2 aromatic carbocycles. The van der Waals surface area contributed by atoms with Crippen LogP contribution >= 0.6 is 0 Å². The van der Waals surface area contributed by atoms with Gasteiger partial charge < -0.3 is 9.47 Å². The number of hydroxylamine groups is 1. The maximum absolute atomic E-state index is 13.8. The molecule has 1 heterocycles. The second-order valence-corrected chi connectivity index (χ2v) is 8.55. The van der Waals surface area contributed by atoms with Gasteiger partial charge in [0.05, 0.1) is 42.5 Å². The number of amides is 1. The molecular weight excluding hydrogens is 450 g/mol. The number of aromatic nitrogens is 1. The van der Waals surface area contributed by atoms with Crippen molar-refractivity contribution < 1.29 is 32.7 Å². The molecule has 0 aliphatic carbocycles. The van der Waals surface area contributed by atoms with Crippen LogP contribution in [0.2, 0.25) is 0 Å². The number of pyridine rings is 1. The molecule has 11 heteroatoms. The molecule has 0 unspecified atom stereocenters. The van der Waals surface area contributed by atoms with Gasteiger partial charge in [0.25, 0.3) is 15.9 Å². The Morgan fingerprint density at radius 1 is 1.03 bits per heavy atom. The Kier molecular flexibility index (Phi) is 7.26. The Hall–Kier alpha value is -3.96. The first-order valence-corrected chi connectivity index (χ1v) is 11.0. The predicted octanol–water partition coefficient (Wildman–Crippen LogP) is 2.39. The molecule has 0 radical (unpaired) electrons. The Balaban J connectivity index is 2.30. The molecule has 0 fully saturated rings. The lowest BCUT2D eigenvalue weighted by Gasteiger charge is -2.28. The fourth-order valence-corrected chi connectivity index (χ4v) is 4.64. The number of hydrogen-bond acceptors (Lipinski definition) is 8. The van der Waals surface area contributed by atoms with E-state index in [1.165, 1.54) is 67.4 Å². The van der Waals surface area contributed by atoms with Gasteiger partial charge in [-0.1, -0.05) is 12.1 Å². The van der Waals surface area contributed by atoms with Crippen LogP contribution in [0.1, 0.15) is 26.3 Å². The molecule has 1 aromatic heterocycles. The number of hydrogen-bond donors (Lipinski definition) is 2. The van der Waals surface area contributed by atoms with E-state index >= 15 is 0 Å². The maximum atomic E-state index is 13.8. The Bertz CT molecular complexity index is 1210. The summed E-state index contributed by atoms with van der Waals surface area (Å²) in [6, 6.07) is 12.9. The summed E-state index contributed by atoms with van der Waals surface area (Å²) in [4.78, 5) is 28.9. The van der Waals surface area contributed by atoms with Crippen LogP contribution in [0.25, 0.3) is 0 Å². The van der Waals surface area contributed by atoms with Gasteiger partial charge in [-0.25, -0.2) is 18.7 Å². The first kappa shape index (κ1) is 23.7. The van der Waals surface area contributed by atoms with Crippen molar-refractivity contribution in [3.8, 4) is 5.75 Å². The molecular formula is C22H21N3O7S. The van der Waals surface area contributed by atoms with Crippen LogP contribution in [0, 0.1) is 0 Å². The molecule has 3 rings (SSSR count). The molecule has 0 saturated heterocycles. The maximum Gasteiger partial charge on any atom is 0.340 e. The minimum atomic E-state index is -4.33.